The molecule has 0 N–H and O–H groups in total. The Morgan fingerprint density at radius 3 is 2.52 bits per heavy atom. The third kappa shape index (κ3) is 4.88. The molecular formula is C31H27FN4O5S. The van der Waals surface area contributed by atoms with Crippen molar-refractivity contribution in [2.75, 3.05) is 50.3 Å². The molecule has 0 aliphatic carbocycles. The molecule has 1 aromatic heterocycles. The van der Waals surface area contributed by atoms with E-state index in [1.165, 1.54) is 28.8 Å². The number of benzene rings is 3. The fourth-order valence-corrected chi connectivity index (χ4v) is 6.67. The van der Waals surface area contributed by atoms with Crippen LogP contribution in [0.25, 0.3) is 16.9 Å². The molecule has 42 heavy (non-hydrogen) atoms. The molecule has 3 aliphatic heterocycles. The minimum atomic E-state index is -0.385. The van der Waals surface area contributed by atoms with Crippen LogP contribution < -0.4 is 14.4 Å². The number of hydrogen-bond acceptors (Lipinski definition) is 7. The third-order valence-corrected chi connectivity index (χ3v) is 8.82. The van der Waals surface area contributed by atoms with Gasteiger partial charge in [0.2, 0.25) is 18.6 Å². The highest BCUT2D eigenvalue weighted by molar-refractivity contribution is 8.00. The fourth-order valence-electron chi connectivity index (χ4n) is 5.48. The number of hydrogen-bond donors (Lipinski definition) is 0. The van der Waals surface area contributed by atoms with Gasteiger partial charge in [0.1, 0.15) is 18.2 Å². The Hall–Kier alpha value is -4.35. The second kappa shape index (κ2) is 11.1. The van der Waals surface area contributed by atoms with Crippen molar-refractivity contribution in [3.8, 4) is 28.4 Å². The third-order valence-electron chi connectivity index (χ3n) is 7.56. The smallest absolute Gasteiger partial charge is 0.242 e. The highest BCUT2D eigenvalue weighted by Crippen LogP contribution is 2.50. The van der Waals surface area contributed by atoms with Gasteiger partial charge < -0.3 is 19.1 Å². The van der Waals surface area contributed by atoms with Crippen LogP contribution in [0, 0.1) is 5.82 Å². The summed E-state index contributed by atoms with van der Waals surface area (Å²) in [7, 11) is 0. The van der Waals surface area contributed by atoms with Gasteiger partial charge in [-0.15, -0.1) is 11.8 Å². The number of carbonyl (C=O) groups is 2. The first kappa shape index (κ1) is 26.5. The number of halogens is 1. The van der Waals surface area contributed by atoms with Crippen molar-refractivity contribution in [2.45, 2.75) is 5.25 Å². The van der Waals surface area contributed by atoms with Crippen LogP contribution in [0.4, 0.5) is 10.2 Å². The largest absolute Gasteiger partial charge is 0.454 e. The van der Waals surface area contributed by atoms with Crippen molar-refractivity contribution in [2.24, 2.45) is 0 Å². The predicted octanol–water partition coefficient (Wildman–Crippen LogP) is 4.44. The van der Waals surface area contributed by atoms with E-state index in [2.05, 4.69) is 0 Å². The number of nitrogens with zero attached hydrogens (tertiary/aromatic N) is 4. The van der Waals surface area contributed by atoms with Gasteiger partial charge in [0, 0.05) is 24.2 Å². The van der Waals surface area contributed by atoms with E-state index < -0.39 is 0 Å². The average Bonchev–Trinajstić information content (AvgIpc) is 3.63. The molecule has 1 saturated heterocycles. The van der Waals surface area contributed by atoms with E-state index in [4.69, 9.17) is 19.3 Å². The van der Waals surface area contributed by atoms with Crippen molar-refractivity contribution >= 4 is 29.4 Å². The number of ether oxygens (including phenoxy) is 3. The van der Waals surface area contributed by atoms with E-state index in [0.717, 1.165) is 16.7 Å². The Morgan fingerprint density at radius 1 is 0.976 bits per heavy atom. The quantitative estimate of drug-likeness (QED) is 0.342. The summed E-state index contributed by atoms with van der Waals surface area (Å²) in [6, 6.07) is 21.5. The number of fused-ring (bicyclic) bond motifs is 2. The molecule has 7 rings (SSSR count). The maximum absolute atomic E-state index is 14.0. The first-order valence-electron chi connectivity index (χ1n) is 13.7. The molecule has 1 fully saturated rings. The maximum atomic E-state index is 14.0. The van der Waals surface area contributed by atoms with Gasteiger partial charge in [-0.05, 0) is 42.0 Å². The van der Waals surface area contributed by atoms with Gasteiger partial charge in [0.15, 0.2) is 11.5 Å². The molecule has 0 saturated carbocycles. The summed E-state index contributed by atoms with van der Waals surface area (Å²) in [4.78, 5) is 30.7. The maximum Gasteiger partial charge on any atom is 0.242 e. The Kier molecular flexibility index (Phi) is 7.04. The van der Waals surface area contributed by atoms with E-state index in [9.17, 15) is 14.0 Å². The molecule has 4 aromatic rings. The van der Waals surface area contributed by atoms with E-state index in [0.29, 0.717) is 55.0 Å². The lowest BCUT2D eigenvalue weighted by atomic mass is 9.99. The van der Waals surface area contributed by atoms with Crippen LogP contribution in [0.2, 0.25) is 0 Å². The summed E-state index contributed by atoms with van der Waals surface area (Å²) in [6.07, 6.45) is 0. The van der Waals surface area contributed by atoms with Crippen molar-refractivity contribution in [1.29, 1.82) is 0 Å². The number of anilines is 1. The number of morpholine rings is 1. The highest BCUT2D eigenvalue weighted by atomic mass is 32.2. The van der Waals surface area contributed by atoms with E-state index >= 15 is 0 Å². The molecule has 9 nitrogen and oxygen atoms in total. The zero-order valence-electron chi connectivity index (χ0n) is 22.6. The lowest BCUT2D eigenvalue weighted by molar-refractivity contribution is -0.134. The monoisotopic (exact) mass is 586 g/mol. The standard InChI is InChI=1S/C31H27FN4O5S/c32-22-7-9-23(10-8-22)36-31-28(29(33-36)20-4-2-1-3-5-20)30(21-6-11-24-25(16-21)41-19-40-24)42-18-27(38)35(31)17-26(37)34-12-14-39-15-13-34/h1-11,16,30H,12-15,17-19H2/t30-/m1/s1. The second-order valence-corrected chi connectivity index (χ2v) is 11.2. The van der Waals surface area contributed by atoms with Gasteiger partial charge in [-0.2, -0.15) is 5.10 Å². The topological polar surface area (TPSA) is 86.1 Å². The van der Waals surface area contributed by atoms with Crippen molar-refractivity contribution in [1.82, 2.24) is 14.7 Å². The molecule has 0 bridgehead atoms. The molecule has 0 spiro atoms. The number of aromatic nitrogens is 2. The number of carbonyl (C=O) groups excluding carboxylic acids is 2. The van der Waals surface area contributed by atoms with Crippen molar-refractivity contribution < 1.29 is 28.2 Å². The van der Waals surface area contributed by atoms with Crippen LogP contribution in [0.15, 0.2) is 72.8 Å². The van der Waals surface area contributed by atoms with Gasteiger partial charge in [0.25, 0.3) is 0 Å². The van der Waals surface area contributed by atoms with Crippen LogP contribution in [0.3, 0.4) is 0 Å². The zero-order valence-corrected chi connectivity index (χ0v) is 23.4. The SMILES string of the molecule is O=C(CN1C(=O)CS[C@H](c2ccc3c(c2)OCO3)c2c(-c3ccccc3)nn(-c3ccc(F)cc3)c21)N1CCOCC1. The summed E-state index contributed by atoms with van der Waals surface area (Å²) in [6.45, 7) is 1.84. The Labute approximate surface area is 245 Å². The minimum absolute atomic E-state index is 0.141. The molecule has 3 aromatic carbocycles. The molecule has 1 atom stereocenters. The zero-order chi connectivity index (χ0) is 28.6. The van der Waals surface area contributed by atoms with Crippen molar-refractivity contribution in [3.63, 3.8) is 0 Å². The average molecular weight is 587 g/mol. The van der Waals surface area contributed by atoms with Crippen molar-refractivity contribution in [3.05, 3.63) is 89.7 Å². The van der Waals surface area contributed by atoms with E-state index in [1.54, 1.807) is 21.7 Å². The van der Waals surface area contributed by atoms with Crippen LogP contribution in [-0.4, -0.2) is 71.9 Å². The molecule has 4 heterocycles. The fraction of sp³-hybridized carbons (Fsp3) is 0.258. The normalized spacial score (nSPS) is 18.1. The second-order valence-electron chi connectivity index (χ2n) is 10.1. The minimum Gasteiger partial charge on any atom is -0.454 e. The first-order chi connectivity index (χ1) is 20.6. The number of rotatable bonds is 5. The van der Waals surface area contributed by atoms with Crippen LogP contribution >= 0.6 is 11.8 Å². The summed E-state index contributed by atoms with van der Waals surface area (Å²) < 4.78 is 32.3. The van der Waals surface area contributed by atoms with Crippen LogP contribution in [-0.2, 0) is 14.3 Å². The van der Waals surface area contributed by atoms with Gasteiger partial charge in [-0.25, -0.2) is 9.07 Å². The first-order valence-corrected chi connectivity index (χ1v) is 14.7. The summed E-state index contributed by atoms with van der Waals surface area (Å²) in [5, 5.41) is 4.72. The Bertz CT molecular complexity index is 1640. The molecule has 0 radical (unpaired) electrons. The van der Waals surface area contributed by atoms with Gasteiger partial charge in [0.05, 0.1) is 35.6 Å². The number of thioether (sulfide) groups is 1. The van der Waals surface area contributed by atoms with E-state index in [1.807, 2.05) is 48.5 Å². The highest BCUT2D eigenvalue weighted by Gasteiger charge is 2.38. The Morgan fingerprint density at radius 2 is 1.74 bits per heavy atom. The lowest BCUT2D eigenvalue weighted by Crippen LogP contribution is -2.48. The molecule has 11 heteroatoms. The van der Waals surface area contributed by atoms with Gasteiger partial charge >= 0.3 is 0 Å². The molecule has 3 aliphatic rings. The summed E-state index contributed by atoms with van der Waals surface area (Å²) in [5.74, 6) is 1.16. The van der Waals surface area contributed by atoms with Gasteiger partial charge in [-0.1, -0.05) is 36.4 Å². The molecule has 214 valence electrons. The Balaban J connectivity index is 1.44. The number of amides is 2. The molecular weight excluding hydrogens is 559 g/mol. The van der Waals surface area contributed by atoms with Crippen LogP contribution in [0.5, 0.6) is 11.5 Å². The summed E-state index contributed by atoms with van der Waals surface area (Å²) in [5.41, 5.74) is 3.80. The van der Waals surface area contributed by atoms with Crippen LogP contribution in [0.1, 0.15) is 16.4 Å². The van der Waals surface area contributed by atoms with Gasteiger partial charge in [-0.3, -0.25) is 14.5 Å². The molecule has 2 amide bonds. The lowest BCUT2D eigenvalue weighted by Gasteiger charge is -2.30. The predicted molar refractivity (Wildman–Crippen MR) is 156 cm³/mol. The molecule has 0 unspecified atom stereocenters. The van der Waals surface area contributed by atoms with E-state index in [-0.39, 0.29) is 42.0 Å². The summed E-state index contributed by atoms with van der Waals surface area (Å²) >= 11 is 1.47.